The monoisotopic (exact) mass is 341 g/mol. The van der Waals surface area contributed by atoms with E-state index in [-0.39, 0.29) is 16.9 Å². The molecule has 0 fully saturated rings. The van der Waals surface area contributed by atoms with E-state index in [1.807, 2.05) is 0 Å². The molecule has 0 saturated carbocycles. The number of anilines is 1. The Morgan fingerprint density at radius 2 is 2.11 bits per heavy atom. The molecule has 1 aromatic carbocycles. The molecular weight excluding hydrogens is 334 g/mol. The summed E-state index contributed by atoms with van der Waals surface area (Å²) in [4.78, 5) is 19.8. The van der Waals surface area contributed by atoms with Crippen LogP contribution in [0.5, 0.6) is 5.75 Å². The number of nitrogens with zero attached hydrogens (tertiary/aromatic N) is 2. The molecule has 0 saturated heterocycles. The predicted molar refractivity (Wildman–Crippen MR) is 75.7 cm³/mol. The van der Waals surface area contributed by atoms with Gasteiger partial charge in [0.15, 0.2) is 11.0 Å². The minimum atomic E-state index is -0.328. The van der Waals surface area contributed by atoms with E-state index in [4.69, 9.17) is 16.3 Å². The molecule has 0 aliphatic rings. The maximum Gasteiger partial charge on any atom is 0.256 e. The normalized spacial score (nSPS) is 10.1. The van der Waals surface area contributed by atoms with Crippen LogP contribution >= 0.6 is 27.5 Å². The number of benzene rings is 1. The van der Waals surface area contributed by atoms with Gasteiger partial charge >= 0.3 is 0 Å². The molecule has 1 heterocycles. The van der Waals surface area contributed by atoms with Gasteiger partial charge in [0.25, 0.3) is 5.91 Å². The number of aromatic nitrogens is 2. The van der Waals surface area contributed by atoms with Crippen molar-refractivity contribution in [2.45, 2.75) is 0 Å². The Labute approximate surface area is 123 Å². The van der Waals surface area contributed by atoms with Crippen molar-refractivity contribution >= 4 is 39.3 Å². The summed E-state index contributed by atoms with van der Waals surface area (Å²) in [5.74, 6) is 0.543. The zero-order valence-electron chi connectivity index (χ0n) is 9.85. The van der Waals surface area contributed by atoms with E-state index in [1.165, 1.54) is 12.4 Å². The molecule has 0 aliphatic carbocycles. The summed E-state index contributed by atoms with van der Waals surface area (Å²) in [5.41, 5.74) is 0.453. The van der Waals surface area contributed by atoms with Gasteiger partial charge in [-0.15, -0.1) is 0 Å². The Morgan fingerprint density at radius 1 is 1.37 bits per heavy atom. The van der Waals surface area contributed by atoms with Crippen LogP contribution in [0.3, 0.4) is 0 Å². The lowest BCUT2D eigenvalue weighted by molar-refractivity contribution is 0.102. The van der Waals surface area contributed by atoms with E-state index < -0.39 is 0 Å². The van der Waals surface area contributed by atoms with Crippen LogP contribution in [-0.4, -0.2) is 23.0 Å². The summed E-state index contributed by atoms with van der Waals surface area (Å²) < 4.78 is 5.78. The van der Waals surface area contributed by atoms with Crippen LogP contribution < -0.4 is 10.1 Å². The highest BCUT2D eigenvalue weighted by Gasteiger charge is 2.11. The number of halogens is 2. The predicted octanol–water partition coefficient (Wildman–Crippen LogP) is 3.15. The van der Waals surface area contributed by atoms with Gasteiger partial charge in [0.05, 0.1) is 11.6 Å². The second kappa shape index (κ2) is 5.99. The third-order valence-corrected chi connectivity index (χ3v) is 3.20. The lowest BCUT2D eigenvalue weighted by Gasteiger charge is -2.07. The van der Waals surface area contributed by atoms with Crippen molar-refractivity contribution in [3.63, 3.8) is 0 Å². The number of hydrogen-bond donors (Lipinski definition) is 1. The number of carbonyl (C=O) groups excluding carboxylic acids is 1. The van der Waals surface area contributed by atoms with Gasteiger partial charge in [0.1, 0.15) is 5.75 Å². The average Bonchev–Trinajstić information content (AvgIpc) is 2.41. The quantitative estimate of drug-likeness (QED) is 0.930. The summed E-state index contributed by atoms with van der Waals surface area (Å²) in [7, 11) is 1.55. The fourth-order valence-electron chi connectivity index (χ4n) is 1.39. The number of nitrogens with one attached hydrogen (secondary N) is 1. The first-order chi connectivity index (χ1) is 9.11. The van der Waals surface area contributed by atoms with Crippen LogP contribution in [0, 0.1) is 0 Å². The SMILES string of the molecule is COc1ccc(C(=O)Nc2nccnc2Cl)cc1Br. The summed E-state index contributed by atoms with van der Waals surface area (Å²) in [6.45, 7) is 0. The Hall–Kier alpha value is -1.66. The van der Waals surface area contributed by atoms with E-state index in [0.717, 1.165) is 0 Å². The van der Waals surface area contributed by atoms with Gasteiger partial charge in [0.2, 0.25) is 0 Å². The molecule has 0 bridgehead atoms. The summed E-state index contributed by atoms with van der Waals surface area (Å²) in [6.07, 6.45) is 2.90. The maximum atomic E-state index is 12.0. The van der Waals surface area contributed by atoms with Crippen molar-refractivity contribution in [1.29, 1.82) is 0 Å². The van der Waals surface area contributed by atoms with Gasteiger partial charge in [-0.05, 0) is 34.1 Å². The van der Waals surface area contributed by atoms with E-state index in [0.29, 0.717) is 15.8 Å². The molecule has 1 aromatic heterocycles. The molecule has 7 heteroatoms. The standard InChI is InChI=1S/C12H9BrClN3O2/c1-19-9-3-2-7(6-8(9)13)12(18)17-11-10(14)15-4-5-16-11/h2-6H,1H3,(H,16,17,18). The molecule has 98 valence electrons. The van der Waals surface area contributed by atoms with Crippen molar-refractivity contribution in [2.75, 3.05) is 12.4 Å². The lowest BCUT2D eigenvalue weighted by atomic mass is 10.2. The van der Waals surface area contributed by atoms with Gasteiger partial charge in [0, 0.05) is 18.0 Å². The third-order valence-electron chi connectivity index (χ3n) is 2.30. The number of hydrogen-bond acceptors (Lipinski definition) is 4. The molecule has 1 N–H and O–H groups in total. The number of methoxy groups -OCH3 is 1. The molecule has 0 radical (unpaired) electrons. The molecule has 5 nitrogen and oxygen atoms in total. The summed E-state index contributed by atoms with van der Waals surface area (Å²) in [6, 6.07) is 4.99. The van der Waals surface area contributed by atoms with Crippen LogP contribution in [0.25, 0.3) is 0 Å². The minimum absolute atomic E-state index is 0.142. The molecule has 19 heavy (non-hydrogen) atoms. The van der Waals surface area contributed by atoms with Crippen LogP contribution in [0.15, 0.2) is 35.1 Å². The minimum Gasteiger partial charge on any atom is -0.496 e. The molecule has 0 spiro atoms. The van der Waals surface area contributed by atoms with Crippen molar-refractivity contribution in [3.8, 4) is 5.75 Å². The van der Waals surface area contributed by atoms with Gasteiger partial charge in [-0.3, -0.25) is 4.79 Å². The van der Waals surface area contributed by atoms with E-state index in [2.05, 4.69) is 31.2 Å². The van der Waals surface area contributed by atoms with Crippen molar-refractivity contribution in [1.82, 2.24) is 9.97 Å². The van der Waals surface area contributed by atoms with Crippen molar-refractivity contribution in [2.24, 2.45) is 0 Å². The summed E-state index contributed by atoms with van der Waals surface area (Å²) in [5, 5.41) is 2.73. The molecule has 0 unspecified atom stereocenters. The highest BCUT2D eigenvalue weighted by Crippen LogP contribution is 2.26. The van der Waals surface area contributed by atoms with Crippen LogP contribution in [0.4, 0.5) is 5.82 Å². The number of ether oxygens (including phenoxy) is 1. The number of carbonyl (C=O) groups is 1. The second-order valence-electron chi connectivity index (χ2n) is 3.50. The molecule has 1 amide bonds. The summed E-state index contributed by atoms with van der Waals surface area (Å²) >= 11 is 9.13. The third kappa shape index (κ3) is 3.21. The first kappa shape index (κ1) is 13.8. The van der Waals surface area contributed by atoms with E-state index >= 15 is 0 Å². The zero-order valence-corrected chi connectivity index (χ0v) is 12.2. The van der Waals surface area contributed by atoms with Crippen molar-refractivity contribution < 1.29 is 9.53 Å². The molecule has 0 atom stereocenters. The Morgan fingerprint density at radius 3 is 2.74 bits per heavy atom. The topological polar surface area (TPSA) is 64.1 Å². The lowest BCUT2D eigenvalue weighted by Crippen LogP contribution is -2.13. The Kier molecular flexibility index (Phi) is 4.34. The highest BCUT2D eigenvalue weighted by molar-refractivity contribution is 9.10. The fraction of sp³-hybridized carbons (Fsp3) is 0.0833. The highest BCUT2D eigenvalue weighted by atomic mass is 79.9. The Balaban J connectivity index is 2.21. The fourth-order valence-corrected chi connectivity index (χ4v) is 2.09. The van der Waals surface area contributed by atoms with Gasteiger partial charge in [-0.2, -0.15) is 0 Å². The van der Waals surface area contributed by atoms with E-state index in [1.54, 1.807) is 25.3 Å². The van der Waals surface area contributed by atoms with Crippen LogP contribution in [-0.2, 0) is 0 Å². The number of amides is 1. The van der Waals surface area contributed by atoms with Crippen LogP contribution in [0.2, 0.25) is 5.15 Å². The van der Waals surface area contributed by atoms with Crippen LogP contribution in [0.1, 0.15) is 10.4 Å². The molecule has 0 aliphatic heterocycles. The van der Waals surface area contributed by atoms with E-state index in [9.17, 15) is 4.79 Å². The first-order valence-corrected chi connectivity index (χ1v) is 6.40. The average molecular weight is 343 g/mol. The second-order valence-corrected chi connectivity index (χ2v) is 4.71. The smallest absolute Gasteiger partial charge is 0.256 e. The molecule has 2 aromatic rings. The zero-order chi connectivity index (χ0) is 13.8. The molecule has 2 rings (SSSR count). The van der Waals surface area contributed by atoms with Gasteiger partial charge in [-0.25, -0.2) is 9.97 Å². The van der Waals surface area contributed by atoms with Crippen molar-refractivity contribution in [3.05, 3.63) is 45.8 Å². The largest absolute Gasteiger partial charge is 0.496 e. The molecular formula is C12H9BrClN3O2. The van der Waals surface area contributed by atoms with Gasteiger partial charge < -0.3 is 10.1 Å². The van der Waals surface area contributed by atoms with Gasteiger partial charge in [-0.1, -0.05) is 11.6 Å². The number of rotatable bonds is 3. The maximum absolute atomic E-state index is 12.0. The first-order valence-electron chi connectivity index (χ1n) is 5.23. The Bertz CT molecular complexity index is 622.